The van der Waals surface area contributed by atoms with Gasteiger partial charge in [0.25, 0.3) is 0 Å². The first-order valence-electron chi connectivity index (χ1n) is 11.2. The van der Waals surface area contributed by atoms with Crippen LogP contribution in [0.3, 0.4) is 0 Å². The Kier molecular flexibility index (Phi) is 7.10. The molecule has 168 valence electrons. The summed E-state index contributed by atoms with van der Waals surface area (Å²) in [5, 5.41) is 0. The van der Waals surface area contributed by atoms with Crippen LogP contribution < -0.4 is 0 Å². The summed E-state index contributed by atoms with van der Waals surface area (Å²) >= 11 is 6.69. The number of ether oxygens (including phenoxy) is 1. The van der Waals surface area contributed by atoms with Gasteiger partial charge in [-0.2, -0.15) is 0 Å². The highest BCUT2D eigenvalue weighted by molar-refractivity contribution is 6.47. The smallest absolute Gasteiger partial charge is 0.316 e. The van der Waals surface area contributed by atoms with Crippen LogP contribution >= 0.6 is 11.6 Å². The zero-order valence-electron chi connectivity index (χ0n) is 19.0. The summed E-state index contributed by atoms with van der Waals surface area (Å²) in [6.45, 7) is 8.92. The molecule has 0 saturated carbocycles. The van der Waals surface area contributed by atoms with E-state index in [-0.39, 0.29) is 35.4 Å². The second kappa shape index (κ2) is 9.28. The van der Waals surface area contributed by atoms with Crippen molar-refractivity contribution < 1.29 is 19.1 Å². The number of allylic oxidation sites excluding steroid dienone is 7. The average molecular weight is 445 g/mol. The van der Waals surface area contributed by atoms with E-state index in [1.165, 1.54) is 19.4 Å². The minimum atomic E-state index is -1.78. The van der Waals surface area contributed by atoms with E-state index in [4.69, 9.17) is 16.3 Å². The van der Waals surface area contributed by atoms with Crippen molar-refractivity contribution >= 4 is 29.1 Å². The summed E-state index contributed by atoms with van der Waals surface area (Å²) in [4.78, 5) is 37.8. The fraction of sp³-hybridized carbons (Fsp3) is 0.577. The SMILES string of the molecule is CC1=C[C@@H](C)[C@H]2[C@@H]3C(=O)[C@](C)(Cl)C(=O)[C@H](C)C(=O)O[C@@H](C)/C=C/C=C\C[C@@H]3C=C[C@@H]2C1. The maximum atomic E-state index is 13.9. The molecule has 3 aliphatic rings. The van der Waals surface area contributed by atoms with E-state index in [1.54, 1.807) is 13.0 Å². The van der Waals surface area contributed by atoms with Gasteiger partial charge in [-0.3, -0.25) is 14.4 Å². The third kappa shape index (κ3) is 4.79. The van der Waals surface area contributed by atoms with Crippen molar-refractivity contribution in [2.24, 2.45) is 35.5 Å². The molecule has 0 spiro atoms. The molecule has 0 bridgehead atoms. The molecule has 0 amide bonds. The van der Waals surface area contributed by atoms with Crippen molar-refractivity contribution in [1.29, 1.82) is 0 Å². The Morgan fingerprint density at radius 1 is 1.00 bits per heavy atom. The van der Waals surface area contributed by atoms with Gasteiger partial charge in [-0.05, 0) is 70.3 Å². The number of ketones is 2. The van der Waals surface area contributed by atoms with Gasteiger partial charge in [-0.25, -0.2) is 0 Å². The molecule has 2 aliphatic carbocycles. The van der Waals surface area contributed by atoms with Crippen LogP contribution in [-0.4, -0.2) is 28.5 Å². The largest absolute Gasteiger partial charge is 0.458 e. The molecule has 1 aliphatic heterocycles. The van der Waals surface area contributed by atoms with E-state index in [1.807, 2.05) is 18.2 Å². The van der Waals surface area contributed by atoms with Gasteiger partial charge in [0, 0.05) is 5.92 Å². The molecule has 8 atom stereocenters. The van der Waals surface area contributed by atoms with Crippen LogP contribution in [0.25, 0.3) is 0 Å². The summed E-state index contributed by atoms with van der Waals surface area (Å²) in [6, 6.07) is 0. The molecule has 0 fully saturated rings. The second-order valence-electron chi connectivity index (χ2n) is 9.54. The number of hydrogen-bond donors (Lipinski definition) is 0. The van der Waals surface area contributed by atoms with E-state index in [9.17, 15) is 14.4 Å². The number of rotatable bonds is 0. The molecular formula is C26H33ClO4. The monoisotopic (exact) mass is 444 g/mol. The lowest BCUT2D eigenvalue weighted by Crippen LogP contribution is -2.52. The van der Waals surface area contributed by atoms with E-state index < -0.39 is 28.6 Å². The normalized spacial score (nSPS) is 43.7. The minimum Gasteiger partial charge on any atom is -0.458 e. The van der Waals surface area contributed by atoms with Crippen molar-refractivity contribution in [2.75, 3.05) is 0 Å². The van der Waals surface area contributed by atoms with Crippen molar-refractivity contribution in [1.82, 2.24) is 0 Å². The summed E-state index contributed by atoms with van der Waals surface area (Å²) in [5.41, 5.74) is 1.32. The molecule has 0 N–H and O–H groups in total. The zero-order chi connectivity index (χ0) is 22.9. The van der Waals surface area contributed by atoms with Gasteiger partial charge in [0.05, 0.1) is 0 Å². The molecule has 0 aromatic carbocycles. The lowest BCUT2D eigenvalue weighted by Gasteiger charge is -2.45. The van der Waals surface area contributed by atoms with Gasteiger partial charge in [0.2, 0.25) is 0 Å². The first-order chi connectivity index (χ1) is 14.5. The van der Waals surface area contributed by atoms with E-state index >= 15 is 0 Å². The number of hydrogen-bond acceptors (Lipinski definition) is 4. The number of esters is 1. The molecule has 0 saturated heterocycles. The Morgan fingerprint density at radius 2 is 1.68 bits per heavy atom. The van der Waals surface area contributed by atoms with Crippen molar-refractivity contribution in [3.05, 3.63) is 48.1 Å². The lowest BCUT2D eigenvalue weighted by molar-refractivity contribution is -0.154. The molecule has 0 unspecified atom stereocenters. The molecule has 3 rings (SSSR count). The first-order valence-corrected chi connectivity index (χ1v) is 11.6. The van der Waals surface area contributed by atoms with Crippen molar-refractivity contribution in [3.8, 4) is 0 Å². The highest BCUT2D eigenvalue weighted by Gasteiger charge is 2.52. The fourth-order valence-electron chi connectivity index (χ4n) is 5.41. The van der Waals surface area contributed by atoms with Crippen LogP contribution in [0.5, 0.6) is 0 Å². The Labute approximate surface area is 190 Å². The van der Waals surface area contributed by atoms with Crippen molar-refractivity contribution in [3.63, 3.8) is 0 Å². The molecule has 0 aromatic heterocycles. The lowest BCUT2D eigenvalue weighted by atomic mass is 9.58. The number of alkyl halides is 1. The molecule has 0 aromatic rings. The number of cyclic esters (lactones) is 1. The number of fused-ring (bicyclic) bond motifs is 3. The van der Waals surface area contributed by atoms with Crippen LogP contribution in [0.4, 0.5) is 0 Å². The standard InChI is InChI=1S/C26H33ClO4/c1-15-13-16(2)21-20(14-15)12-11-19-10-8-6-7-9-17(3)31-25(30)18(4)23(28)26(5,27)24(29)22(19)21/h6-9,11-13,16-22H,10,14H2,1-5H3/b8-6-,9-7+/t16-,17+,18+,19-,20-,21-,22-,26-/m1/s1. The highest BCUT2D eigenvalue weighted by Crippen LogP contribution is 2.48. The summed E-state index contributed by atoms with van der Waals surface area (Å²) in [6.07, 6.45) is 15.3. The first kappa shape index (κ1) is 23.7. The Balaban J connectivity index is 2.06. The number of halogens is 1. The number of carbonyl (C=O) groups excluding carboxylic acids is 3. The number of Topliss-reactive ketones (excluding diaryl/α,β-unsaturated/α-hetero) is 2. The highest BCUT2D eigenvalue weighted by atomic mass is 35.5. The molecule has 5 heteroatoms. The maximum Gasteiger partial charge on any atom is 0.316 e. The second-order valence-corrected chi connectivity index (χ2v) is 10.3. The summed E-state index contributed by atoms with van der Waals surface area (Å²) in [7, 11) is 0. The van der Waals surface area contributed by atoms with Crippen LogP contribution in [0.15, 0.2) is 48.1 Å². The molecule has 4 nitrogen and oxygen atoms in total. The summed E-state index contributed by atoms with van der Waals surface area (Å²) in [5.74, 6) is -2.54. The van der Waals surface area contributed by atoms with Crippen LogP contribution in [0.1, 0.15) is 47.5 Å². The van der Waals surface area contributed by atoms with Gasteiger partial charge in [-0.1, -0.05) is 49.0 Å². The third-order valence-corrected chi connectivity index (χ3v) is 7.38. The van der Waals surface area contributed by atoms with E-state index in [0.29, 0.717) is 6.42 Å². The van der Waals surface area contributed by atoms with Crippen LogP contribution in [0.2, 0.25) is 0 Å². The number of carbonyl (C=O) groups is 3. The van der Waals surface area contributed by atoms with Gasteiger partial charge in [0.15, 0.2) is 16.4 Å². The topological polar surface area (TPSA) is 60.4 Å². The minimum absolute atomic E-state index is 0.0406. The van der Waals surface area contributed by atoms with Gasteiger partial charge < -0.3 is 4.74 Å². The van der Waals surface area contributed by atoms with Crippen LogP contribution in [-0.2, 0) is 19.1 Å². The van der Waals surface area contributed by atoms with Gasteiger partial charge in [-0.15, -0.1) is 11.6 Å². The van der Waals surface area contributed by atoms with Crippen molar-refractivity contribution in [2.45, 2.75) is 58.4 Å². The van der Waals surface area contributed by atoms with Gasteiger partial charge in [0.1, 0.15) is 12.0 Å². The predicted molar refractivity (Wildman–Crippen MR) is 123 cm³/mol. The molecule has 1 heterocycles. The van der Waals surface area contributed by atoms with Crippen LogP contribution in [0, 0.1) is 35.5 Å². The van der Waals surface area contributed by atoms with E-state index in [0.717, 1.165) is 6.42 Å². The quantitative estimate of drug-likeness (QED) is 0.222. The average Bonchev–Trinajstić information content (AvgIpc) is 2.70. The Hall–Kier alpha value is -1.94. The molecular weight excluding hydrogens is 412 g/mol. The Morgan fingerprint density at radius 3 is 2.39 bits per heavy atom. The third-order valence-electron chi connectivity index (χ3n) is 7.00. The zero-order valence-corrected chi connectivity index (χ0v) is 19.8. The summed E-state index contributed by atoms with van der Waals surface area (Å²) < 4.78 is 5.36. The Bertz CT molecular complexity index is 863. The predicted octanol–water partition coefficient (Wildman–Crippen LogP) is 5.23. The maximum absolute atomic E-state index is 13.9. The molecule has 31 heavy (non-hydrogen) atoms. The van der Waals surface area contributed by atoms with E-state index in [2.05, 4.69) is 32.1 Å². The fourth-order valence-corrected chi connectivity index (χ4v) is 5.70. The molecule has 0 radical (unpaired) electrons. The van der Waals surface area contributed by atoms with Gasteiger partial charge >= 0.3 is 5.97 Å².